The summed E-state index contributed by atoms with van der Waals surface area (Å²) in [5.74, 6) is -0.465. The molecule has 0 spiro atoms. The van der Waals surface area contributed by atoms with Crippen molar-refractivity contribution in [2.45, 2.75) is 20.3 Å². The lowest BCUT2D eigenvalue weighted by Crippen LogP contribution is -2.34. The summed E-state index contributed by atoms with van der Waals surface area (Å²) < 4.78 is 10.8. The smallest absolute Gasteiger partial charge is 0.307 e. The molecule has 0 unspecified atom stereocenters. The normalized spacial score (nSPS) is 10.6. The van der Waals surface area contributed by atoms with Gasteiger partial charge in [0.2, 0.25) is 0 Å². The number of carboxylic acid groups (broad SMARTS) is 1. The number of likely N-dealkylation sites (N-methyl/N-ethyl adjacent to an activating group) is 1. The summed E-state index contributed by atoms with van der Waals surface area (Å²) in [6, 6.07) is 5.11. The molecular formula is C16H19NO5. The van der Waals surface area contributed by atoms with Gasteiger partial charge in [0.15, 0.2) is 6.61 Å². The molecule has 0 bridgehead atoms. The highest BCUT2D eigenvalue weighted by atomic mass is 16.5. The largest absolute Gasteiger partial charge is 0.484 e. The van der Waals surface area contributed by atoms with Gasteiger partial charge in [-0.25, -0.2) is 0 Å². The molecule has 1 amide bonds. The van der Waals surface area contributed by atoms with Gasteiger partial charge in [0.1, 0.15) is 11.3 Å². The van der Waals surface area contributed by atoms with Crippen LogP contribution in [0.25, 0.3) is 11.0 Å². The molecule has 2 aromatic rings. The van der Waals surface area contributed by atoms with E-state index < -0.39 is 5.97 Å². The van der Waals surface area contributed by atoms with Gasteiger partial charge in [-0.2, -0.15) is 0 Å². The van der Waals surface area contributed by atoms with Gasteiger partial charge >= 0.3 is 5.97 Å². The van der Waals surface area contributed by atoms with E-state index in [1.807, 2.05) is 13.8 Å². The fraction of sp³-hybridized carbons (Fsp3) is 0.375. The van der Waals surface area contributed by atoms with Crippen LogP contribution in [-0.4, -0.2) is 41.6 Å². The fourth-order valence-corrected chi connectivity index (χ4v) is 2.27. The van der Waals surface area contributed by atoms with Gasteiger partial charge in [0, 0.05) is 30.1 Å². The zero-order valence-electron chi connectivity index (χ0n) is 12.7. The Labute approximate surface area is 128 Å². The lowest BCUT2D eigenvalue weighted by atomic mass is 10.1. The summed E-state index contributed by atoms with van der Waals surface area (Å²) >= 11 is 0. The van der Waals surface area contributed by atoms with Crippen LogP contribution in [-0.2, 0) is 16.0 Å². The minimum atomic E-state index is -0.909. The summed E-state index contributed by atoms with van der Waals surface area (Å²) in [6.45, 7) is 5.10. The Hall–Kier alpha value is -2.50. The molecule has 1 aromatic heterocycles. The molecule has 2 rings (SSSR count). The molecule has 6 nitrogen and oxygen atoms in total. The van der Waals surface area contributed by atoms with Crippen LogP contribution in [0.2, 0.25) is 0 Å². The molecule has 0 saturated heterocycles. The second-order valence-corrected chi connectivity index (χ2v) is 4.84. The van der Waals surface area contributed by atoms with Crippen LogP contribution in [0.5, 0.6) is 5.75 Å². The predicted octanol–water partition coefficient (Wildman–Crippen LogP) is 2.31. The Balaban J connectivity index is 2.07. The zero-order chi connectivity index (χ0) is 16.1. The van der Waals surface area contributed by atoms with E-state index in [4.69, 9.17) is 14.3 Å². The fourth-order valence-electron chi connectivity index (χ4n) is 2.27. The van der Waals surface area contributed by atoms with E-state index in [9.17, 15) is 9.59 Å². The number of hydrogen-bond acceptors (Lipinski definition) is 4. The number of aliphatic carboxylic acids is 1. The Morgan fingerprint density at radius 2 is 2.00 bits per heavy atom. The number of hydrogen-bond donors (Lipinski definition) is 1. The van der Waals surface area contributed by atoms with Crippen molar-refractivity contribution in [1.82, 2.24) is 4.90 Å². The summed E-state index contributed by atoms with van der Waals surface area (Å²) in [4.78, 5) is 24.3. The minimum absolute atomic E-state index is 0.0319. The minimum Gasteiger partial charge on any atom is -0.484 e. The number of rotatable bonds is 7. The van der Waals surface area contributed by atoms with Crippen LogP contribution >= 0.6 is 0 Å². The predicted molar refractivity (Wildman–Crippen MR) is 81.0 cm³/mol. The maximum absolute atomic E-state index is 11.9. The average molecular weight is 305 g/mol. The van der Waals surface area contributed by atoms with Crippen LogP contribution in [0.4, 0.5) is 0 Å². The van der Waals surface area contributed by atoms with Crippen molar-refractivity contribution >= 4 is 22.8 Å². The number of furan rings is 1. The molecule has 0 fully saturated rings. The third-order valence-electron chi connectivity index (χ3n) is 3.45. The van der Waals surface area contributed by atoms with E-state index in [0.29, 0.717) is 30.0 Å². The molecule has 22 heavy (non-hydrogen) atoms. The van der Waals surface area contributed by atoms with Gasteiger partial charge < -0.3 is 19.2 Å². The molecule has 118 valence electrons. The van der Waals surface area contributed by atoms with E-state index in [1.54, 1.807) is 23.1 Å². The monoisotopic (exact) mass is 305 g/mol. The Kier molecular flexibility index (Phi) is 5.04. The summed E-state index contributed by atoms with van der Waals surface area (Å²) in [5.41, 5.74) is 1.16. The molecular weight excluding hydrogens is 286 g/mol. The molecule has 0 radical (unpaired) electrons. The lowest BCUT2D eigenvalue weighted by Gasteiger charge is -2.18. The first-order valence-electron chi connectivity index (χ1n) is 7.17. The van der Waals surface area contributed by atoms with Crippen molar-refractivity contribution in [2.24, 2.45) is 0 Å². The number of benzene rings is 1. The van der Waals surface area contributed by atoms with Gasteiger partial charge in [-0.15, -0.1) is 0 Å². The first-order valence-corrected chi connectivity index (χ1v) is 7.17. The molecule has 0 atom stereocenters. The van der Waals surface area contributed by atoms with Crippen molar-refractivity contribution < 1.29 is 23.8 Å². The first-order chi connectivity index (χ1) is 10.5. The van der Waals surface area contributed by atoms with E-state index >= 15 is 0 Å². The molecule has 0 aliphatic rings. The second kappa shape index (κ2) is 6.98. The number of amides is 1. The molecule has 0 aliphatic heterocycles. The molecule has 1 aromatic carbocycles. The van der Waals surface area contributed by atoms with E-state index in [-0.39, 0.29) is 18.9 Å². The van der Waals surface area contributed by atoms with Crippen LogP contribution in [0, 0.1) is 0 Å². The zero-order valence-corrected chi connectivity index (χ0v) is 12.7. The van der Waals surface area contributed by atoms with Crippen LogP contribution in [0.3, 0.4) is 0 Å². The highest BCUT2D eigenvalue weighted by molar-refractivity contribution is 5.86. The third kappa shape index (κ3) is 3.58. The maximum atomic E-state index is 11.9. The van der Waals surface area contributed by atoms with E-state index in [0.717, 1.165) is 5.39 Å². The molecule has 0 aliphatic carbocycles. The topological polar surface area (TPSA) is 80.0 Å². The SMILES string of the molecule is CCN(CC)C(=O)COc1ccc2c(CC(=O)O)coc2c1. The van der Waals surface area contributed by atoms with Gasteiger partial charge in [-0.1, -0.05) is 0 Å². The Morgan fingerprint density at radius 3 is 2.64 bits per heavy atom. The number of carboxylic acids is 1. The van der Waals surface area contributed by atoms with Crippen LogP contribution < -0.4 is 4.74 Å². The number of nitrogens with zero attached hydrogens (tertiary/aromatic N) is 1. The summed E-state index contributed by atoms with van der Waals surface area (Å²) in [5, 5.41) is 9.58. The van der Waals surface area contributed by atoms with Crippen LogP contribution in [0.1, 0.15) is 19.4 Å². The number of fused-ring (bicyclic) bond motifs is 1. The van der Waals surface area contributed by atoms with E-state index in [1.165, 1.54) is 6.26 Å². The van der Waals surface area contributed by atoms with Crippen molar-refractivity contribution in [3.8, 4) is 5.75 Å². The summed E-state index contributed by atoms with van der Waals surface area (Å²) in [6.07, 6.45) is 1.34. The number of carbonyl (C=O) groups is 2. The first kappa shape index (κ1) is 15.9. The Bertz CT molecular complexity index is 672. The Morgan fingerprint density at radius 1 is 1.27 bits per heavy atom. The van der Waals surface area contributed by atoms with Crippen molar-refractivity contribution in [1.29, 1.82) is 0 Å². The second-order valence-electron chi connectivity index (χ2n) is 4.84. The van der Waals surface area contributed by atoms with Gasteiger partial charge in [-0.05, 0) is 26.0 Å². The van der Waals surface area contributed by atoms with Gasteiger partial charge in [-0.3, -0.25) is 9.59 Å². The number of ether oxygens (including phenoxy) is 1. The highest BCUT2D eigenvalue weighted by Gasteiger charge is 2.12. The molecule has 1 heterocycles. The third-order valence-corrected chi connectivity index (χ3v) is 3.45. The molecule has 0 saturated carbocycles. The van der Waals surface area contributed by atoms with Crippen molar-refractivity contribution in [2.75, 3.05) is 19.7 Å². The maximum Gasteiger partial charge on any atom is 0.307 e. The van der Waals surface area contributed by atoms with Crippen LogP contribution in [0.15, 0.2) is 28.9 Å². The quantitative estimate of drug-likeness (QED) is 0.849. The standard InChI is InChI=1S/C16H19NO5/c1-3-17(4-2)15(18)10-21-12-5-6-13-11(7-16(19)20)9-22-14(13)8-12/h5-6,8-9H,3-4,7,10H2,1-2H3,(H,19,20). The molecule has 1 N–H and O–H groups in total. The van der Waals surface area contributed by atoms with Crippen molar-refractivity contribution in [3.63, 3.8) is 0 Å². The van der Waals surface area contributed by atoms with E-state index in [2.05, 4.69) is 0 Å². The number of carbonyl (C=O) groups excluding carboxylic acids is 1. The van der Waals surface area contributed by atoms with Crippen molar-refractivity contribution in [3.05, 3.63) is 30.0 Å². The average Bonchev–Trinajstić information content (AvgIpc) is 2.88. The van der Waals surface area contributed by atoms with Gasteiger partial charge in [0.05, 0.1) is 12.7 Å². The van der Waals surface area contributed by atoms with Gasteiger partial charge in [0.25, 0.3) is 5.91 Å². The highest BCUT2D eigenvalue weighted by Crippen LogP contribution is 2.26. The summed E-state index contributed by atoms with van der Waals surface area (Å²) in [7, 11) is 0. The lowest BCUT2D eigenvalue weighted by molar-refractivity contribution is -0.136. The molecule has 6 heteroatoms.